The fraction of sp³-hybridized carbons (Fsp3) is 0.625. The van der Waals surface area contributed by atoms with Gasteiger partial charge >= 0.3 is 0 Å². The zero-order chi connectivity index (χ0) is 14.3. The van der Waals surface area contributed by atoms with Gasteiger partial charge in [-0.15, -0.1) is 0 Å². The van der Waals surface area contributed by atoms with Crippen LogP contribution in [0.3, 0.4) is 0 Å². The van der Waals surface area contributed by atoms with Gasteiger partial charge < -0.3 is 15.2 Å². The molecule has 2 N–H and O–H groups in total. The second kappa shape index (κ2) is 5.23. The number of fused-ring (bicyclic) bond motifs is 1. The molecule has 0 bridgehead atoms. The third kappa shape index (κ3) is 2.23. The molecule has 1 aromatic rings. The van der Waals surface area contributed by atoms with Gasteiger partial charge in [-0.25, -0.2) is 0 Å². The molecule has 0 saturated heterocycles. The number of nitrogens with two attached hydrogens (primary N) is 1. The van der Waals surface area contributed by atoms with Gasteiger partial charge in [-0.3, -0.25) is 0 Å². The highest BCUT2D eigenvalue weighted by Gasteiger charge is 2.38. The number of halogens is 1. The molecule has 1 heterocycles. The lowest BCUT2D eigenvalue weighted by molar-refractivity contribution is 0.168. The SMILES string of the molecule is CC(C)c1c2c(cc(Br)c1C1(N)CCCC1)OCCO2. The number of hydrogen-bond donors (Lipinski definition) is 1. The molecule has 0 unspecified atom stereocenters. The van der Waals surface area contributed by atoms with Crippen molar-refractivity contribution in [1.29, 1.82) is 0 Å². The highest BCUT2D eigenvalue weighted by Crippen LogP contribution is 2.50. The van der Waals surface area contributed by atoms with Crippen LogP contribution in [0.1, 0.15) is 56.6 Å². The summed E-state index contributed by atoms with van der Waals surface area (Å²) >= 11 is 3.72. The zero-order valence-corrected chi connectivity index (χ0v) is 13.8. The van der Waals surface area contributed by atoms with Crippen LogP contribution in [0, 0.1) is 0 Å². The summed E-state index contributed by atoms with van der Waals surface area (Å²) in [4.78, 5) is 0. The topological polar surface area (TPSA) is 44.5 Å². The molecule has 0 aromatic heterocycles. The lowest BCUT2D eigenvalue weighted by atomic mass is 9.81. The summed E-state index contributed by atoms with van der Waals surface area (Å²) in [5.74, 6) is 2.11. The maximum Gasteiger partial charge on any atom is 0.165 e. The second-order valence-corrected chi connectivity index (χ2v) is 7.04. The molecule has 0 amide bonds. The molecular weight excluding hydrogens is 318 g/mol. The highest BCUT2D eigenvalue weighted by molar-refractivity contribution is 9.10. The van der Waals surface area contributed by atoms with E-state index in [1.807, 2.05) is 6.07 Å². The largest absolute Gasteiger partial charge is 0.486 e. The number of benzene rings is 1. The van der Waals surface area contributed by atoms with Gasteiger partial charge in [-0.05, 0) is 30.4 Å². The van der Waals surface area contributed by atoms with E-state index >= 15 is 0 Å². The first kappa shape index (κ1) is 14.2. The summed E-state index contributed by atoms with van der Waals surface area (Å²) in [6.45, 7) is 5.62. The van der Waals surface area contributed by atoms with E-state index in [2.05, 4.69) is 29.8 Å². The van der Waals surface area contributed by atoms with Crippen molar-refractivity contribution in [1.82, 2.24) is 0 Å². The van der Waals surface area contributed by atoms with Crippen molar-refractivity contribution >= 4 is 15.9 Å². The Balaban J connectivity index is 2.22. The van der Waals surface area contributed by atoms with Crippen LogP contribution in [0.25, 0.3) is 0 Å². The highest BCUT2D eigenvalue weighted by atomic mass is 79.9. The Labute approximate surface area is 129 Å². The van der Waals surface area contributed by atoms with E-state index < -0.39 is 0 Å². The van der Waals surface area contributed by atoms with Crippen LogP contribution in [0.15, 0.2) is 10.5 Å². The van der Waals surface area contributed by atoms with Crippen LogP contribution in [0.5, 0.6) is 11.5 Å². The molecule has 3 rings (SSSR count). The third-order valence-corrected chi connectivity index (χ3v) is 5.02. The molecule has 1 aromatic carbocycles. The molecule has 2 aliphatic rings. The van der Waals surface area contributed by atoms with Crippen LogP contribution < -0.4 is 15.2 Å². The minimum atomic E-state index is -0.228. The van der Waals surface area contributed by atoms with Gasteiger partial charge in [-0.1, -0.05) is 42.6 Å². The molecule has 1 fully saturated rings. The molecule has 20 heavy (non-hydrogen) atoms. The van der Waals surface area contributed by atoms with Crippen molar-refractivity contribution in [3.05, 3.63) is 21.7 Å². The Hall–Kier alpha value is -0.740. The number of rotatable bonds is 2. The van der Waals surface area contributed by atoms with E-state index in [1.165, 1.54) is 24.0 Å². The van der Waals surface area contributed by atoms with E-state index in [-0.39, 0.29) is 5.54 Å². The molecule has 1 aliphatic carbocycles. The predicted octanol–water partition coefficient (Wildman–Crippen LogP) is 4.07. The van der Waals surface area contributed by atoms with E-state index in [0.29, 0.717) is 19.1 Å². The maximum atomic E-state index is 6.73. The Bertz CT molecular complexity index is 522. The van der Waals surface area contributed by atoms with E-state index in [4.69, 9.17) is 15.2 Å². The predicted molar refractivity (Wildman–Crippen MR) is 83.6 cm³/mol. The van der Waals surface area contributed by atoms with Crippen molar-refractivity contribution < 1.29 is 9.47 Å². The van der Waals surface area contributed by atoms with Gasteiger partial charge in [0.1, 0.15) is 13.2 Å². The summed E-state index contributed by atoms with van der Waals surface area (Å²) in [6.07, 6.45) is 4.50. The Morgan fingerprint density at radius 3 is 2.50 bits per heavy atom. The maximum absolute atomic E-state index is 6.73. The second-order valence-electron chi connectivity index (χ2n) is 6.19. The molecule has 4 heteroatoms. The quantitative estimate of drug-likeness (QED) is 0.883. The normalized spacial score (nSPS) is 20.4. The smallest absolute Gasteiger partial charge is 0.165 e. The summed E-state index contributed by atoms with van der Waals surface area (Å²) < 4.78 is 12.7. The van der Waals surface area contributed by atoms with Crippen molar-refractivity contribution in [2.24, 2.45) is 5.73 Å². The molecular formula is C16H22BrNO2. The monoisotopic (exact) mass is 339 g/mol. The van der Waals surface area contributed by atoms with Crippen LogP contribution in [0.4, 0.5) is 0 Å². The summed E-state index contributed by atoms with van der Waals surface area (Å²) in [6, 6.07) is 2.03. The zero-order valence-electron chi connectivity index (χ0n) is 12.2. The van der Waals surface area contributed by atoms with Gasteiger partial charge in [0.05, 0.1) is 0 Å². The summed E-state index contributed by atoms with van der Waals surface area (Å²) in [5.41, 5.74) is 8.95. The minimum absolute atomic E-state index is 0.228. The van der Waals surface area contributed by atoms with Crippen LogP contribution in [-0.4, -0.2) is 13.2 Å². The van der Waals surface area contributed by atoms with Crippen molar-refractivity contribution in [3.8, 4) is 11.5 Å². The molecule has 0 atom stereocenters. The van der Waals surface area contributed by atoms with Crippen molar-refractivity contribution in [3.63, 3.8) is 0 Å². The summed E-state index contributed by atoms with van der Waals surface area (Å²) in [7, 11) is 0. The first-order valence-corrected chi connectivity index (χ1v) is 8.23. The average Bonchev–Trinajstić information content (AvgIpc) is 2.84. The molecule has 110 valence electrons. The third-order valence-electron chi connectivity index (χ3n) is 4.39. The van der Waals surface area contributed by atoms with E-state index in [9.17, 15) is 0 Å². The van der Waals surface area contributed by atoms with Gasteiger partial charge in [0.2, 0.25) is 0 Å². The Morgan fingerprint density at radius 2 is 1.85 bits per heavy atom. The van der Waals surface area contributed by atoms with Crippen LogP contribution in [-0.2, 0) is 5.54 Å². The van der Waals surface area contributed by atoms with E-state index in [0.717, 1.165) is 28.8 Å². The van der Waals surface area contributed by atoms with Crippen LogP contribution >= 0.6 is 15.9 Å². The molecule has 1 aliphatic heterocycles. The molecule has 0 spiro atoms. The van der Waals surface area contributed by atoms with E-state index in [1.54, 1.807) is 0 Å². The van der Waals surface area contributed by atoms with Crippen molar-refractivity contribution in [2.75, 3.05) is 13.2 Å². The fourth-order valence-corrected chi connectivity index (χ4v) is 4.31. The number of hydrogen-bond acceptors (Lipinski definition) is 3. The molecule has 1 saturated carbocycles. The lowest BCUT2D eigenvalue weighted by Gasteiger charge is -2.33. The Morgan fingerprint density at radius 1 is 1.20 bits per heavy atom. The minimum Gasteiger partial charge on any atom is -0.486 e. The Kier molecular flexibility index (Phi) is 3.71. The number of ether oxygens (including phenoxy) is 2. The molecule has 3 nitrogen and oxygen atoms in total. The fourth-order valence-electron chi connectivity index (χ4n) is 3.49. The standard InChI is InChI=1S/C16H22BrNO2/c1-10(2)13-14(16(18)5-3-4-6-16)11(17)9-12-15(13)20-8-7-19-12/h9-10H,3-8,18H2,1-2H3. The molecule has 0 radical (unpaired) electrons. The lowest BCUT2D eigenvalue weighted by Crippen LogP contribution is -2.35. The van der Waals surface area contributed by atoms with Gasteiger partial charge in [0, 0.05) is 15.6 Å². The van der Waals surface area contributed by atoms with Gasteiger partial charge in [-0.2, -0.15) is 0 Å². The first-order valence-electron chi connectivity index (χ1n) is 7.44. The average molecular weight is 340 g/mol. The summed E-state index contributed by atoms with van der Waals surface area (Å²) in [5, 5.41) is 0. The van der Waals surface area contributed by atoms with Crippen molar-refractivity contribution in [2.45, 2.75) is 51.0 Å². The van der Waals surface area contributed by atoms with Crippen LogP contribution in [0.2, 0.25) is 0 Å². The van der Waals surface area contributed by atoms with Gasteiger partial charge in [0.25, 0.3) is 0 Å². The first-order chi connectivity index (χ1) is 9.53. The van der Waals surface area contributed by atoms with Gasteiger partial charge in [0.15, 0.2) is 11.5 Å².